The molecule has 0 unspecified atom stereocenters. The molecule has 108 valence electrons. The maximum Gasteiger partial charge on any atom is 0.244 e. The lowest BCUT2D eigenvalue weighted by molar-refractivity contribution is -0.124. The van der Waals surface area contributed by atoms with Crippen molar-refractivity contribution in [3.63, 3.8) is 0 Å². The predicted octanol–water partition coefficient (Wildman–Crippen LogP) is 2.06. The van der Waals surface area contributed by atoms with Crippen molar-refractivity contribution in [2.75, 3.05) is 20.3 Å². The van der Waals surface area contributed by atoms with E-state index in [1.54, 1.807) is 11.8 Å². The number of fused-ring (bicyclic) bond motifs is 1. The third-order valence-corrected chi connectivity index (χ3v) is 3.37. The zero-order chi connectivity index (χ0) is 14.5. The highest BCUT2D eigenvalue weighted by molar-refractivity contribution is 5.86. The molecule has 0 bridgehead atoms. The largest absolute Gasteiger partial charge is 0.385 e. The second-order valence-corrected chi connectivity index (χ2v) is 4.86. The number of aromatic nitrogens is 2. The zero-order valence-electron chi connectivity index (χ0n) is 12.2. The maximum atomic E-state index is 12.1. The van der Waals surface area contributed by atoms with Crippen LogP contribution < -0.4 is 5.32 Å². The van der Waals surface area contributed by atoms with E-state index in [1.807, 2.05) is 38.1 Å². The number of benzene rings is 1. The molecule has 2 rings (SSSR count). The lowest BCUT2D eigenvalue weighted by Crippen LogP contribution is -2.32. The molecule has 0 spiro atoms. The van der Waals surface area contributed by atoms with Crippen molar-refractivity contribution in [3.05, 3.63) is 30.0 Å². The summed E-state index contributed by atoms with van der Waals surface area (Å²) in [5, 5.41) is 8.49. The first-order valence-electron chi connectivity index (χ1n) is 6.85. The molecule has 5 nitrogen and oxygen atoms in total. The SMILES string of the molecule is COCCCNC(=O)[C@H](C)n1nc(C)c2ccccc21. The van der Waals surface area contributed by atoms with Gasteiger partial charge in [0, 0.05) is 25.6 Å². The Hall–Kier alpha value is -1.88. The summed E-state index contributed by atoms with van der Waals surface area (Å²) in [7, 11) is 1.66. The van der Waals surface area contributed by atoms with Gasteiger partial charge in [-0.3, -0.25) is 9.48 Å². The molecule has 1 atom stereocenters. The highest BCUT2D eigenvalue weighted by Crippen LogP contribution is 2.21. The fourth-order valence-electron chi connectivity index (χ4n) is 2.23. The summed E-state index contributed by atoms with van der Waals surface area (Å²) in [6.07, 6.45) is 0.813. The predicted molar refractivity (Wildman–Crippen MR) is 78.7 cm³/mol. The molecule has 5 heteroatoms. The Balaban J connectivity index is 2.11. The van der Waals surface area contributed by atoms with Crippen molar-refractivity contribution in [1.29, 1.82) is 0 Å². The number of ether oxygens (including phenoxy) is 1. The van der Waals surface area contributed by atoms with Gasteiger partial charge >= 0.3 is 0 Å². The van der Waals surface area contributed by atoms with Gasteiger partial charge in [-0.25, -0.2) is 0 Å². The van der Waals surface area contributed by atoms with Gasteiger partial charge in [0.25, 0.3) is 0 Å². The molecule has 1 heterocycles. The molecule has 1 aromatic heterocycles. The number of carbonyl (C=O) groups is 1. The van der Waals surface area contributed by atoms with Crippen LogP contribution in [0.2, 0.25) is 0 Å². The third-order valence-electron chi connectivity index (χ3n) is 3.37. The van der Waals surface area contributed by atoms with Gasteiger partial charge in [0.15, 0.2) is 0 Å². The first-order chi connectivity index (χ1) is 9.65. The first-order valence-corrected chi connectivity index (χ1v) is 6.85. The number of nitrogens with zero attached hydrogens (tertiary/aromatic N) is 2. The number of hydrogen-bond acceptors (Lipinski definition) is 3. The molecule has 20 heavy (non-hydrogen) atoms. The smallest absolute Gasteiger partial charge is 0.244 e. The zero-order valence-corrected chi connectivity index (χ0v) is 12.2. The molecular weight excluding hydrogens is 254 g/mol. The van der Waals surface area contributed by atoms with Crippen LogP contribution in [0.5, 0.6) is 0 Å². The minimum atomic E-state index is -0.323. The molecule has 0 saturated carbocycles. The average molecular weight is 275 g/mol. The molecule has 0 aliphatic rings. The van der Waals surface area contributed by atoms with Crippen LogP contribution in [0, 0.1) is 6.92 Å². The van der Waals surface area contributed by atoms with E-state index in [9.17, 15) is 4.79 Å². The number of para-hydroxylation sites is 1. The van der Waals surface area contributed by atoms with Gasteiger partial charge in [-0.1, -0.05) is 18.2 Å². The van der Waals surface area contributed by atoms with Crippen LogP contribution in [0.3, 0.4) is 0 Å². The van der Waals surface area contributed by atoms with E-state index in [2.05, 4.69) is 10.4 Å². The molecule has 1 N–H and O–H groups in total. The van der Waals surface area contributed by atoms with Gasteiger partial charge in [-0.2, -0.15) is 5.10 Å². The van der Waals surface area contributed by atoms with Gasteiger partial charge in [0.2, 0.25) is 5.91 Å². The molecule has 1 amide bonds. The highest BCUT2D eigenvalue weighted by atomic mass is 16.5. The number of carbonyl (C=O) groups excluding carboxylic acids is 1. The fourth-order valence-corrected chi connectivity index (χ4v) is 2.23. The molecule has 2 aromatic rings. The van der Waals surface area contributed by atoms with Crippen LogP contribution >= 0.6 is 0 Å². The Kier molecular flexibility index (Phi) is 4.74. The normalized spacial score (nSPS) is 12.6. The number of rotatable bonds is 6. The van der Waals surface area contributed by atoms with E-state index in [1.165, 1.54) is 0 Å². The first kappa shape index (κ1) is 14.5. The number of amides is 1. The van der Waals surface area contributed by atoms with Crippen LogP contribution in [-0.4, -0.2) is 35.9 Å². The van der Waals surface area contributed by atoms with E-state index in [4.69, 9.17) is 4.74 Å². The fraction of sp³-hybridized carbons (Fsp3) is 0.467. The van der Waals surface area contributed by atoms with Crippen LogP contribution in [0.25, 0.3) is 10.9 Å². The second-order valence-electron chi connectivity index (χ2n) is 4.86. The summed E-state index contributed by atoms with van der Waals surface area (Å²) in [5.41, 5.74) is 1.93. The topological polar surface area (TPSA) is 56.1 Å². The summed E-state index contributed by atoms with van der Waals surface area (Å²) in [4.78, 5) is 12.1. The van der Waals surface area contributed by atoms with Crippen LogP contribution in [-0.2, 0) is 9.53 Å². The molecule has 0 radical (unpaired) electrons. The summed E-state index contributed by atoms with van der Waals surface area (Å²) >= 11 is 0. The van der Waals surface area contributed by atoms with Gasteiger partial charge < -0.3 is 10.1 Å². The van der Waals surface area contributed by atoms with Gasteiger partial charge in [-0.05, 0) is 26.3 Å². The molecular formula is C15H21N3O2. The molecule has 1 aromatic carbocycles. The summed E-state index contributed by atoms with van der Waals surface area (Å²) < 4.78 is 6.75. The van der Waals surface area contributed by atoms with E-state index in [-0.39, 0.29) is 11.9 Å². The number of aryl methyl sites for hydroxylation is 1. The monoisotopic (exact) mass is 275 g/mol. The summed E-state index contributed by atoms with van der Waals surface area (Å²) in [6, 6.07) is 7.64. The van der Waals surface area contributed by atoms with Crippen molar-refractivity contribution in [2.24, 2.45) is 0 Å². The van der Waals surface area contributed by atoms with Gasteiger partial charge in [-0.15, -0.1) is 0 Å². The quantitative estimate of drug-likeness (QED) is 0.821. The van der Waals surface area contributed by atoms with Gasteiger partial charge in [0.1, 0.15) is 6.04 Å². The van der Waals surface area contributed by atoms with Gasteiger partial charge in [0.05, 0.1) is 11.2 Å². The Labute approximate surface area is 118 Å². The van der Waals surface area contributed by atoms with Crippen LogP contribution in [0.1, 0.15) is 25.1 Å². The number of hydrogen-bond donors (Lipinski definition) is 1. The van der Waals surface area contributed by atoms with E-state index in [0.717, 1.165) is 23.0 Å². The van der Waals surface area contributed by atoms with E-state index in [0.29, 0.717) is 13.2 Å². The van der Waals surface area contributed by atoms with Crippen LogP contribution in [0.4, 0.5) is 0 Å². The van der Waals surface area contributed by atoms with Crippen molar-refractivity contribution in [1.82, 2.24) is 15.1 Å². The van der Waals surface area contributed by atoms with E-state index < -0.39 is 0 Å². The Morgan fingerprint density at radius 1 is 1.45 bits per heavy atom. The Morgan fingerprint density at radius 3 is 2.95 bits per heavy atom. The van der Waals surface area contributed by atoms with Crippen molar-refractivity contribution < 1.29 is 9.53 Å². The van der Waals surface area contributed by atoms with Crippen molar-refractivity contribution in [2.45, 2.75) is 26.3 Å². The molecule has 0 aliphatic carbocycles. The highest BCUT2D eigenvalue weighted by Gasteiger charge is 2.18. The minimum Gasteiger partial charge on any atom is -0.385 e. The lowest BCUT2D eigenvalue weighted by atomic mass is 10.2. The van der Waals surface area contributed by atoms with E-state index >= 15 is 0 Å². The molecule has 0 saturated heterocycles. The third kappa shape index (κ3) is 2.99. The summed E-state index contributed by atoms with van der Waals surface area (Å²) in [6.45, 7) is 5.10. The lowest BCUT2D eigenvalue weighted by Gasteiger charge is -2.13. The minimum absolute atomic E-state index is 0.0191. The van der Waals surface area contributed by atoms with Crippen molar-refractivity contribution >= 4 is 16.8 Å². The summed E-state index contributed by atoms with van der Waals surface area (Å²) in [5.74, 6) is -0.0191. The Bertz CT molecular complexity index is 592. The van der Waals surface area contributed by atoms with Crippen molar-refractivity contribution in [3.8, 4) is 0 Å². The second kappa shape index (κ2) is 6.52. The Morgan fingerprint density at radius 2 is 2.20 bits per heavy atom. The average Bonchev–Trinajstić information content (AvgIpc) is 2.80. The maximum absolute atomic E-state index is 12.1. The van der Waals surface area contributed by atoms with Crippen LogP contribution in [0.15, 0.2) is 24.3 Å². The number of nitrogens with one attached hydrogen (secondary N) is 1. The standard InChI is InChI=1S/C15H21N3O2/c1-11-13-7-4-5-8-14(13)18(17-11)12(2)15(19)16-9-6-10-20-3/h4-5,7-8,12H,6,9-10H2,1-3H3,(H,16,19)/t12-/m0/s1. The number of methoxy groups -OCH3 is 1. The molecule has 0 aliphatic heterocycles. The molecule has 0 fully saturated rings.